The fourth-order valence-corrected chi connectivity index (χ4v) is 2.43. The molecular weight excluding hydrogens is 246 g/mol. The molecule has 3 rings (SSSR count). The molecule has 1 aliphatic rings. The molecule has 96 valence electrons. The third-order valence-corrected chi connectivity index (χ3v) is 3.36. The number of nitrogens with zero attached hydrogens (tertiary/aromatic N) is 2. The normalized spacial score (nSPS) is 15.8. The number of fused-ring (bicyclic) bond motifs is 1. The second-order valence-corrected chi connectivity index (χ2v) is 4.74. The van der Waals surface area contributed by atoms with Crippen molar-refractivity contribution in [2.45, 2.75) is 19.4 Å². The zero-order chi connectivity index (χ0) is 11.7. The van der Waals surface area contributed by atoms with Crippen molar-refractivity contribution in [3.05, 3.63) is 36.0 Å². The van der Waals surface area contributed by atoms with Crippen molar-refractivity contribution in [1.82, 2.24) is 9.88 Å². The Morgan fingerprint density at radius 3 is 2.61 bits per heavy atom. The van der Waals surface area contributed by atoms with Crippen LogP contribution in [0.5, 0.6) is 0 Å². The van der Waals surface area contributed by atoms with Crippen LogP contribution in [0.15, 0.2) is 30.3 Å². The van der Waals surface area contributed by atoms with E-state index in [9.17, 15) is 0 Å². The predicted molar refractivity (Wildman–Crippen MR) is 77.9 cm³/mol. The first-order valence-electron chi connectivity index (χ1n) is 6.19. The van der Waals surface area contributed by atoms with Crippen molar-refractivity contribution >= 4 is 29.0 Å². The number of hydrogen-bond donors (Lipinski definition) is 1. The lowest BCUT2D eigenvalue weighted by Crippen LogP contribution is -2.19. The average molecular weight is 264 g/mol. The van der Waals surface area contributed by atoms with Crippen LogP contribution < -0.4 is 5.73 Å². The number of anilines is 1. The molecule has 0 aliphatic carbocycles. The van der Waals surface area contributed by atoms with Gasteiger partial charge in [0.2, 0.25) is 0 Å². The van der Waals surface area contributed by atoms with E-state index in [0.717, 1.165) is 28.8 Å². The molecular formula is C14H18ClN3. The molecule has 2 heterocycles. The summed E-state index contributed by atoms with van der Waals surface area (Å²) in [5.74, 6) is 0. The fraction of sp³-hybridized carbons (Fsp3) is 0.357. The maximum Gasteiger partial charge on any atom is 0.0726 e. The highest BCUT2D eigenvalue weighted by Gasteiger charge is 2.12. The summed E-state index contributed by atoms with van der Waals surface area (Å²) in [6, 6.07) is 10.1. The summed E-state index contributed by atoms with van der Waals surface area (Å²) in [4.78, 5) is 7.14. The monoisotopic (exact) mass is 263 g/mol. The largest absolute Gasteiger partial charge is 0.399 e. The summed E-state index contributed by atoms with van der Waals surface area (Å²) in [6.07, 6.45) is 2.64. The van der Waals surface area contributed by atoms with E-state index in [0.29, 0.717) is 0 Å². The van der Waals surface area contributed by atoms with Gasteiger partial charge in [-0.1, -0.05) is 12.1 Å². The molecule has 1 aliphatic heterocycles. The Balaban J connectivity index is 0.00000120. The molecule has 0 unspecified atom stereocenters. The fourth-order valence-electron chi connectivity index (χ4n) is 2.43. The van der Waals surface area contributed by atoms with Crippen LogP contribution in [0.2, 0.25) is 0 Å². The molecule has 0 bridgehead atoms. The molecule has 1 aromatic heterocycles. The van der Waals surface area contributed by atoms with Crippen molar-refractivity contribution in [3.63, 3.8) is 0 Å². The topological polar surface area (TPSA) is 42.1 Å². The van der Waals surface area contributed by atoms with Crippen LogP contribution in [0.3, 0.4) is 0 Å². The maximum absolute atomic E-state index is 5.79. The number of rotatable bonds is 2. The number of benzene rings is 1. The molecule has 2 N–H and O–H groups in total. The van der Waals surface area contributed by atoms with Crippen LogP contribution in [0.4, 0.5) is 5.69 Å². The summed E-state index contributed by atoms with van der Waals surface area (Å²) >= 11 is 0. The van der Waals surface area contributed by atoms with Crippen molar-refractivity contribution < 1.29 is 0 Å². The summed E-state index contributed by atoms with van der Waals surface area (Å²) in [5, 5.41) is 1.16. The van der Waals surface area contributed by atoms with E-state index >= 15 is 0 Å². The minimum absolute atomic E-state index is 0. The van der Waals surface area contributed by atoms with Crippen LogP contribution in [0.25, 0.3) is 10.9 Å². The van der Waals surface area contributed by atoms with E-state index in [-0.39, 0.29) is 12.4 Å². The van der Waals surface area contributed by atoms with Crippen molar-refractivity contribution in [1.29, 1.82) is 0 Å². The predicted octanol–water partition coefficient (Wildman–Crippen LogP) is 2.83. The number of hydrogen-bond acceptors (Lipinski definition) is 3. The number of pyridine rings is 1. The zero-order valence-corrected chi connectivity index (χ0v) is 11.1. The molecule has 1 saturated heterocycles. The Morgan fingerprint density at radius 2 is 1.83 bits per heavy atom. The Morgan fingerprint density at radius 1 is 1.11 bits per heavy atom. The number of nitrogen functional groups attached to an aromatic ring is 1. The first-order valence-corrected chi connectivity index (χ1v) is 6.19. The van der Waals surface area contributed by atoms with Gasteiger partial charge in [-0.05, 0) is 44.1 Å². The van der Waals surface area contributed by atoms with Gasteiger partial charge in [0.1, 0.15) is 0 Å². The summed E-state index contributed by atoms with van der Waals surface area (Å²) in [6.45, 7) is 3.37. The molecule has 3 nitrogen and oxygen atoms in total. The van der Waals surface area contributed by atoms with Gasteiger partial charge in [-0.25, -0.2) is 0 Å². The van der Waals surface area contributed by atoms with Crippen LogP contribution in [0, 0.1) is 0 Å². The van der Waals surface area contributed by atoms with Crippen LogP contribution in [-0.4, -0.2) is 23.0 Å². The van der Waals surface area contributed by atoms with Crippen molar-refractivity contribution in [3.8, 4) is 0 Å². The van der Waals surface area contributed by atoms with Crippen LogP contribution in [-0.2, 0) is 6.54 Å². The average Bonchev–Trinajstić information content (AvgIpc) is 2.81. The van der Waals surface area contributed by atoms with E-state index in [1.165, 1.54) is 25.9 Å². The number of halogens is 1. The lowest BCUT2D eigenvalue weighted by Gasteiger charge is -2.14. The van der Waals surface area contributed by atoms with E-state index in [1.54, 1.807) is 0 Å². The second kappa shape index (κ2) is 5.55. The highest BCUT2D eigenvalue weighted by molar-refractivity contribution is 5.85. The van der Waals surface area contributed by atoms with Gasteiger partial charge < -0.3 is 5.73 Å². The standard InChI is InChI=1S/C14H17N3.ClH/c15-12-5-3-11-4-6-13(16-14(11)9-12)10-17-7-1-2-8-17;/h3-6,9H,1-2,7-8,10,15H2;1H. The molecule has 0 atom stereocenters. The van der Waals surface area contributed by atoms with Gasteiger partial charge in [0.15, 0.2) is 0 Å². The molecule has 0 amide bonds. The van der Waals surface area contributed by atoms with E-state index < -0.39 is 0 Å². The molecule has 0 spiro atoms. The Kier molecular flexibility index (Phi) is 4.04. The molecule has 0 saturated carbocycles. The highest BCUT2D eigenvalue weighted by Crippen LogP contribution is 2.18. The summed E-state index contributed by atoms with van der Waals surface area (Å²) in [7, 11) is 0. The highest BCUT2D eigenvalue weighted by atomic mass is 35.5. The third kappa shape index (κ3) is 2.74. The Bertz CT molecular complexity index is 536. The van der Waals surface area contributed by atoms with Gasteiger partial charge in [-0.15, -0.1) is 12.4 Å². The minimum atomic E-state index is 0. The lowest BCUT2D eigenvalue weighted by atomic mass is 10.2. The Labute approximate surface area is 113 Å². The van der Waals surface area contributed by atoms with Gasteiger partial charge in [-0.3, -0.25) is 9.88 Å². The third-order valence-electron chi connectivity index (χ3n) is 3.36. The number of aromatic nitrogens is 1. The van der Waals surface area contributed by atoms with E-state index in [2.05, 4.69) is 22.0 Å². The summed E-state index contributed by atoms with van der Waals surface area (Å²) in [5.41, 5.74) is 8.71. The summed E-state index contributed by atoms with van der Waals surface area (Å²) < 4.78 is 0. The van der Waals surface area contributed by atoms with Gasteiger partial charge in [0, 0.05) is 17.6 Å². The van der Waals surface area contributed by atoms with E-state index in [4.69, 9.17) is 5.73 Å². The molecule has 1 aromatic carbocycles. The molecule has 0 radical (unpaired) electrons. The minimum Gasteiger partial charge on any atom is -0.399 e. The van der Waals surface area contributed by atoms with Gasteiger partial charge in [0.05, 0.1) is 11.2 Å². The van der Waals surface area contributed by atoms with Crippen molar-refractivity contribution in [2.24, 2.45) is 0 Å². The lowest BCUT2D eigenvalue weighted by molar-refractivity contribution is 0.327. The number of likely N-dealkylation sites (tertiary alicyclic amines) is 1. The first kappa shape index (κ1) is 13.1. The first-order chi connectivity index (χ1) is 8.31. The van der Waals surface area contributed by atoms with E-state index in [1.807, 2.05) is 18.2 Å². The Hall–Kier alpha value is -1.32. The smallest absolute Gasteiger partial charge is 0.0726 e. The van der Waals surface area contributed by atoms with Gasteiger partial charge in [-0.2, -0.15) is 0 Å². The molecule has 2 aromatic rings. The molecule has 4 heteroatoms. The van der Waals surface area contributed by atoms with Gasteiger partial charge >= 0.3 is 0 Å². The SMILES string of the molecule is Cl.Nc1ccc2ccc(CN3CCCC3)nc2c1. The van der Waals surface area contributed by atoms with Crippen LogP contribution >= 0.6 is 12.4 Å². The number of nitrogens with two attached hydrogens (primary N) is 1. The second-order valence-electron chi connectivity index (χ2n) is 4.74. The van der Waals surface area contributed by atoms with Gasteiger partial charge in [0.25, 0.3) is 0 Å². The van der Waals surface area contributed by atoms with Crippen LogP contribution in [0.1, 0.15) is 18.5 Å². The van der Waals surface area contributed by atoms with Crippen molar-refractivity contribution in [2.75, 3.05) is 18.8 Å². The quantitative estimate of drug-likeness (QED) is 0.848. The zero-order valence-electron chi connectivity index (χ0n) is 10.3. The maximum atomic E-state index is 5.79. The molecule has 18 heavy (non-hydrogen) atoms. The molecule has 1 fully saturated rings.